The first-order chi connectivity index (χ1) is 11.1. The lowest BCUT2D eigenvalue weighted by molar-refractivity contribution is 0.139. The predicted octanol–water partition coefficient (Wildman–Crippen LogP) is 1.03. The van der Waals surface area contributed by atoms with Crippen LogP contribution in [-0.2, 0) is 0 Å². The molecule has 0 bridgehead atoms. The zero-order valence-electron chi connectivity index (χ0n) is 13.8. The van der Waals surface area contributed by atoms with Gasteiger partial charge in [0.05, 0.1) is 19.3 Å². The van der Waals surface area contributed by atoms with E-state index in [9.17, 15) is 15.2 Å². The Balaban J connectivity index is 2.54. The van der Waals surface area contributed by atoms with Crippen molar-refractivity contribution in [2.45, 2.75) is 45.2 Å². The highest BCUT2D eigenvalue weighted by molar-refractivity contribution is 6.45. The van der Waals surface area contributed by atoms with Crippen molar-refractivity contribution in [1.29, 1.82) is 0 Å². The minimum atomic E-state index is -1.07. The first-order valence-corrected chi connectivity index (χ1v) is 8.04. The van der Waals surface area contributed by atoms with Crippen LogP contribution < -0.4 is 9.96 Å². The molecule has 1 aromatic carbocycles. The van der Waals surface area contributed by atoms with Gasteiger partial charge in [0.25, 0.3) is 0 Å². The zero-order valence-corrected chi connectivity index (χ0v) is 13.8. The van der Waals surface area contributed by atoms with Crippen LogP contribution in [0.5, 0.6) is 5.75 Å². The molecule has 1 aromatic rings. The van der Waals surface area contributed by atoms with Gasteiger partial charge in [-0.15, -0.1) is 0 Å². The van der Waals surface area contributed by atoms with E-state index in [0.29, 0.717) is 6.61 Å². The highest BCUT2D eigenvalue weighted by Crippen LogP contribution is 2.12. The summed E-state index contributed by atoms with van der Waals surface area (Å²) in [5.74, 6) is 6.32. The van der Waals surface area contributed by atoms with Crippen molar-refractivity contribution >= 4 is 7.05 Å². The minimum absolute atomic E-state index is 0.314. The van der Waals surface area contributed by atoms with Gasteiger partial charge in [0, 0.05) is 5.56 Å². The molecule has 0 aliphatic heterocycles. The van der Waals surface area contributed by atoms with Crippen molar-refractivity contribution < 1.29 is 20.0 Å². The molecule has 0 saturated heterocycles. The molecular formula is C17H26BNO4. The molecular weight excluding hydrogens is 293 g/mol. The number of unbranched alkanes of at least 4 members (excludes halogenated alkanes) is 2. The number of aliphatic hydroxyl groups is 2. The summed E-state index contributed by atoms with van der Waals surface area (Å²) in [6.45, 7) is 4.06. The van der Waals surface area contributed by atoms with E-state index in [1.54, 1.807) is 0 Å². The van der Waals surface area contributed by atoms with Crippen LogP contribution in [0.25, 0.3) is 0 Å². The van der Waals surface area contributed by atoms with Crippen molar-refractivity contribution in [2.75, 3.05) is 13.2 Å². The van der Waals surface area contributed by atoms with Gasteiger partial charge in [-0.25, -0.2) is 0 Å². The smallest absolute Gasteiger partial charge is 0.374 e. The lowest BCUT2D eigenvalue weighted by Crippen LogP contribution is -2.48. The topological polar surface area (TPSA) is 82.0 Å². The Morgan fingerprint density at radius 2 is 1.96 bits per heavy atom. The van der Waals surface area contributed by atoms with Gasteiger partial charge in [0.1, 0.15) is 11.9 Å². The fraction of sp³-hybridized carbons (Fsp3) is 0.529. The minimum Gasteiger partial charge on any atom is -0.494 e. The summed E-state index contributed by atoms with van der Waals surface area (Å²) in [6.07, 6.45) is 2.30. The molecule has 0 saturated carbocycles. The fourth-order valence-corrected chi connectivity index (χ4v) is 1.99. The second-order valence-electron chi connectivity index (χ2n) is 5.43. The molecule has 6 heteroatoms. The number of rotatable bonds is 9. The number of hydrogen-bond donors (Lipinski definition) is 4. The lowest BCUT2D eigenvalue weighted by atomic mass is 9.86. The molecule has 23 heavy (non-hydrogen) atoms. The summed E-state index contributed by atoms with van der Waals surface area (Å²) >= 11 is 0. The second kappa shape index (κ2) is 11.1. The second-order valence-corrected chi connectivity index (χ2v) is 5.43. The lowest BCUT2D eigenvalue weighted by Gasteiger charge is -2.18. The molecule has 0 spiro atoms. The number of ether oxygens (including phenoxy) is 1. The highest BCUT2D eigenvalue weighted by atomic mass is 16.5. The van der Waals surface area contributed by atoms with Gasteiger partial charge >= 0.3 is 7.05 Å². The summed E-state index contributed by atoms with van der Waals surface area (Å²) in [4.78, 5) is 0. The summed E-state index contributed by atoms with van der Waals surface area (Å²) in [5.41, 5.74) is 0.749. The molecule has 0 aliphatic carbocycles. The Labute approximate surface area is 138 Å². The maximum atomic E-state index is 9.91. The number of aliphatic hydroxyl groups excluding tert-OH is 2. The molecule has 0 fully saturated rings. The molecule has 0 amide bonds. The van der Waals surface area contributed by atoms with Crippen LogP contribution in [0.15, 0.2) is 24.3 Å². The molecule has 2 atom stereocenters. The third kappa shape index (κ3) is 8.05. The van der Waals surface area contributed by atoms with Crippen molar-refractivity contribution in [2.24, 2.45) is 0 Å². The van der Waals surface area contributed by atoms with Gasteiger partial charge < -0.3 is 25.2 Å². The normalized spacial score (nSPS) is 12.9. The van der Waals surface area contributed by atoms with E-state index in [-0.39, 0.29) is 6.61 Å². The maximum Gasteiger partial charge on any atom is 0.374 e. The van der Waals surface area contributed by atoms with E-state index in [4.69, 9.17) is 4.74 Å². The summed E-state index contributed by atoms with van der Waals surface area (Å²) in [5, 5.41) is 31.0. The summed E-state index contributed by atoms with van der Waals surface area (Å²) < 4.78 is 5.62. The molecule has 0 radical (unpaired) electrons. The van der Waals surface area contributed by atoms with Crippen LogP contribution in [0.1, 0.15) is 31.7 Å². The van der Waals surface area contributed by atoms with E-state index in [2.05, 4.69) is 24.0 Å². The van der Waals surface area contributed by atoms with E-state index < -0.39 is 19.2 Å². The molecule has 5 nitrogen and oxygen atoms in total. The Bertz CT molecular complexity index is 496. The van der Waals surface area contributed by atoms with Crippen LogP contribution in [0, 0.1) is 11.8 Å². The number of hydrogen-bond acceptors (Lipinski definition) is 5. The largest absolute Gasteiger partial charge is 0.494 e. The predicted molar refractivity (Wildman–Crippen MR) is 92.2 cm³/mol. The molecule has 4 N–H and O–H groups in total. The molecule has 0 aliphatic rings. The van der Waals surface area contributed by atoms with E-state index in [0.717, 1.165) is 24.2 Å². The van der Waals surface area contributed by atoms with Crippen molar-refractivity contribution in [3.05, 3.63) is 29.8 Å². The van der Waals surface area contributed by atoms with E-state index in [1.807, 2.05) is 24.3 Å². The SMILES string of the molecule is CCCCCOc1ccc(C#C[C@H](O)C(CO)NB(C)O)cc1. The quantitative estimate of drug-likeness (QED) is 0.310. The van der Waals surface area contributed by atoms with Gasteiger partial charge in [0.2, 0.25) is 0 Å². The van der Waals surface area contributed by atoms with Crippen molar-refractivity contribution in [3.8, 4) is 17.6 Å². The summed E-state index contributed by atoms with van der Waals surface area (Å²) in [7, 11) is -0.826. The average molecular weight is 319 g/mol. The Kier molecular flexibility index (Phi) is 9.42. The Hall–Kier alpha value is -1.52. The Morgan fingerprint density at radius 3 is 2.52 bits per heavy atom. The van der Waals surface area contributed by atoms with Crippen molar-refractivity contribution in [1.82, 2.24) is 5.23 Å². The van der Waals surface area contributed by atoms with Gasteiger partial charge in [-0.2, -0.15) is 0 Å². The average Bonchev–Trinajstić information content (AvgIpc) is 2.55. The van der Waals surface area contributed by atoms with Crippen molar-refractivity contribution in [3.63, 3.8) is 0 Å². The van der Waals surface area contributed by atoms with E-state index in [1.165, 1.54) is 13.2 Å². The van der Waals surface area contributed by atoms with Gasteiger partial charge in [-0.05, 0) is 37.5 Å². The molecule has 0 heterocycles. The number of nitrogens with one attached hydrogen (secondary N) is 1. The molecule has 0 aromatic heterocycles. The maximum absolute atomic E-state index is 9.91. The van der Waals surface area contributed by atoms with Crippen LogP contribution in [0.4, 0.5) is 0 Å². The third-order valence-electron chi connectivity index (χ3n) is 3.27. The van der Waals surface area contributed by atoms with E-state index >= 15 is 0 Å². The number of benzene rings is 1. The fourth-order valence-electron chi connectivity index (χ4n) is 1.99. The van der Waals surface area contributed by atoms with Gasteiger partial charge in [-0.1, -0.05) is 31.6 Å². The Morgan fingerprint density at radius 1 is 1.26 bits per heavy atom. The first-order valence-electron chi connectivity index (χ1n) is 8.04. The summed E-state index contributed by atoms with van der Waals surface area (Å²) in [6, 6.07) is 6.65. The molecule has 1 unspecified atom stereocenters. The standard InChI is InChI=1S/C17H26BNO4/c1-3-4-5-12-23-15-9-6-14(7-10-15)8-11-17(21)16(13-20)19-18(2)22/h6-7,9-10,16-17,19-22H,3-5,12-13H2,1-2H3/t16?,17-/m0/s1. The first kappa shape index (κ1) is 19.5. The highest BCUT2D eigenvalue weighted by Gasteiger charge is 2.19. The van der Waals surface area contributed by atoms with Crippen LogP contribution in [0.3, 0.4) is 0 Å². The zero-order chi connectivity index (χ0) is 17.1. The van der Waals surface area contributed by atoms with Gasteiger partial charge in [0.15, 0.2) is 0 Å². The monoisotopic (exact) mass is 319 g/mol. The van der Waals surface area contributed by atoms with Gasteiger partial charge in [-0.3, -0.25) is 0 Å². The molecule has 1 rings (SSSR count). The third-order valence-corrected chi connectivity index (χ3v) is 3.27. The van der Waals surface area contributed by atoms with Crippen LogP contribution in [-0.4, -0.2) is 47.6 Å². The van der Waals surface area contributed by atoms with Crippen LogP contribution in [0.2, 0.25) is 6.82 Å². The molecule has 126 valence electrons. The van der Waals surface area contributed by atoms with Crippen LogP contribution >= 0.6 is 0 Å².